The van der Waals surface area contributed by atoms with E-state index < -0.39 is 0 Å². The molecule has 2 aromatic rings. The maximum absolute atomic E-state index is 12.7. The summed E-state index contributed by atoms with van der Waals surface area (Å²) in [4.78, 5) is 20.2. The third-order valence-corrected chi connectivity index (χ3v) is 5.56. The number of nitrogens with one attached hydrogen (secondary N) is 1. The van der Waals surface area contributed by atoms with Gasteiger partial charge >= 0.3 is 0 Å². The fourth-order valence-corrected chi connectivity index (χ4v) is 4.17. The first-order chi connectivity index (χ1) is 11.6. The minimum atomic E-state index is -0.203. The summed E-state index contributed by atoms with van der Waals surface area (Å²) in [5.41, 5.74) is 1.54. The van der Waals surface area contributed by atoms with Gasteiger partial charge in [0, 0.05) is 48.1 Å². The number of aromatic nitrogens is 1. The van der Waals surface area contributed by atoms with Crippen LogP contribution in [0.3, 0.4) is 0 Å². The molecule has 4 rings (SSSR count). The number of aliphatic hydroxyl groups excluding tert-OH is 1. The number of nitrogens with zero attached hydrogens (tertiary/aromatic N) is 2. The van der Waals surface area contributed by atoms with E-state index >= 15 is 0 Å². The van der Waals surface area contributed by atoms with E-state index in [1.54, 1.807) is 0 Å². The Morgan fingerprint density at radius 1 is 1.17 bits per heavy atom. The summed E-state index contributed by atoms with van der Waals surface area (Å²) < 4.78 is 0. The van der Waals surface area contributed by atoms with Crippen LogP contribution in [0.15, 0.2) is 24.3 Å². The summed E-state index contributed by atoms with van der Waals surface area (Å²) in [6.45, 7) is 3.08. The van der Waals surface area contributed by atoms with Gasteiger partial charge in [-0.25, -0.2) is 0 Å². The van der Waals surface area contributed by atoms with Crippen molar-refractivity contribution in [1.82, 2.24) is 14.8 Å². The molecule has 0 bridgehead atoms. The second-order valence-corrected chi connectivity index (χ2v) is 7.24. The number of H-pyrrole nitrogens is 1. The van der Waals surface area contributed by atoms with Gasteiger partial charge in [0.05, 0.1) is 6.10 Å². The number of carbonyl (C=O) groups is 1. The van der Waals surface area contributed by atoms with Crippen LogP contribution in [0.1, 0.15) is 29.8 Å². The molecule has 0 spiro atoms. The summed E-state index contributed by atoms with van der Waals surface area (Å²) in [7, 11) is 0. The number of fused-ring (bicyclic) bond motifs is 1. The molecule has 1 saturated heterocycles. The van der Waals surface area contributed by atoms with Crippen LogP contribution in [0, 0.1) is 0 Å². The van der Waals surface area contributed by atoms with Gasteiger partial charge in [0.2, 0.25) is 0 Å². The Kier molecular flexibility index (Phi) is 4.24. The maximum atomic E-state index is 12.7. The number of carbonyl (C=O) groups excluding carboxylic acids is 1. The highest BCUT2D eigenvalue weighted by Crippen LogP contribution is 2.26. The van der Waals surface area contributed by atoms with Gasteiger partial charge in [0.15, 0.2) is 0 Å². The molecular formula is C18H22ClN3O2. The van der Waals surface area contributed by atoms with E-state index in [2.05, 4.69) is 9.88 Å². The van der Waals surface area contributed by atoms with Crippen molar-refractivity contribution in [3.63, 3.8) is 0 Å². The van der Waals surface area contributed by atoms with Crippen LogP contribution in [0.25, 0.3) is 10.9 Å². The summed E-state index contributed by atoms with van der Waals surface area (Å²) in [6.07, 6.45) is 2.87. The smallest absolute Gasteiger partial charge is 0.270 e. The number of piperazine rings is 1. The lowest BCUT2D eigenvalue weighted by Crippen LogP contribution is -2.53. The van der Waals surface area contributed by atoms with Crippen LogP contribution in [0.2, 0.25) is 5.02 Å². The first kappa shape index (κ1) is 15.9. The molecule has 2 atom stereocenters. The Labute approximate surface area is 146 Å². The Bertz CT molecular complexity index is 752. The van der Waals surface area contributed by atoms with Crippen LogP contribution in [-0.2, 0) is 0 Å². The van der Waals surface area contributed by atoms with E-state index in [1.807, 2.05) is 29.2 Å². The minimum Gasteiger partial charge on any atom is -0.391 e. The van der Waals surface area contributed by atoms with Crippen molar-refractivity contribution in [2.24, 2.45) is 0 Å². The highest BCUT2D eigenvalue weighted by Gasteiger charge is 2.33. The van der Waals surface area contributed by atoms with Gasteiger partial charge in [-0.3, -0.25) is 9.69 Å². The van der Waals surface area contributed by atoms with Gasteiger partial charge in [0.1, 0.15) is 5.69 Å². The fraction of sp³-hybridized carbons (Fsp3) is 0.500. The normalized spacial score (nSPS) is 25.5. The van der Waals surface area contributed by atoms with Crippen LogP contribution in [0.4, 0.5) is 0 Å². The van der Waals surface area contributed by atoms with Crippen molar-refractivity contribution in [2.45, 2.75) is 31.4 Å². The average molecular weight is 348 g/mol. The highest BCUT2D eigenvalue weighted by molar-refractivity contribution is 6.31. The van der Waals surface area contributed by atoms with Gasteiger partial charge in [-0.05, 0) is 43.5 Å². The first-order valence-electron chi connectivity index (χ1n) is 8.61. The molecule has 1 aromatic carbocycles. The Morgan fingerprint density at radius 2 is 1.96 bits per heavy atom. The van der Waals surface area contributed by atoms with E-state index in [9.17, 15) is 9.90 Å². The summed E-state index contributed by atoms with van der Waals surface area (Å²) in [5.74, 6) is 0.0361. The Balaban J connectivity index is 1.43. The number of halogens is 1. The summed E-state index contributed by atoms with van der Waals surface area (Å²) >= 11 is 6.01. The number of benzene rings is 1. The number of hydrogen-bond acceptors (Lipinski definition) is 3. The lowest BCUT2D eigenvalue weighted by molar-refractivity contribution is 0.0313. The largest absolute Gasteiger partial charge is 0.391 e. The molecule has 1 amide bonds. The Hall–Kier alpha value is -1.56. The average Bonchev–Trinajstić information content (AvgIpc) is 3.20. The summed E-state index contributed by atoms with van der Waals surface area (Å²) in [6, 6.07) is 7.73. The molecule has 1 aliphatic heterocycles. The second-order valence-electron chi connectivity index (χ2n) is 6.81. The van der Waals surface area contributed by atoms with Gasteiger partial charge in [-0.2, -0.15) is 0 Å². The van der Waals surface area contributed by atoms with Gasteiger partial charge < -0.3 is 15.0 Å². The lowest BCUT2D eigenvalue weighted by Gasteiger charge is -2.38. The van der Waals surface area contributed by atoms with Crippen molar-refractivity contribution < 1.29 is 9.90 Å². The predicted octanol–water partition coefficient (Wildman–Crippen LogP) is 2.49. The molecular weight excluding hydrogens is 326 g/mol. The van der Waals surface area contributed by atoms with Gasteiger partial charge in [0.25, 0.3) is 5.91 Å². The zero-order chi connectivity index (χ0) is 16.7. The number of aliphatic hydroxyl groups is 1. The van der Waals surface area contributed by atoms with Crippen LogP contribution in [0.5, 0.6) is 0 Å². The molecule has 1 saturated carbocycles. The minimum absolute atomic E-state index is 0.0361. The molecule has 2 fully saturated rings. The SMILES string of the molecule is O=C(c1cc2cc(Cl)ccc2[nH]1)N1CCN([C@@H]2CCC[C@H]2O)CC1. The number of rotatable bonds is 2. The molecule has 0 radical (unpaired) electrons. The molecule has 24 heavy (non-hydrogen) atoms. The predicted molar refractivity (Wildman–Crippen MR) is 94.4 cm³/mol. The van der Waals surface area contributed by atoms with E-state index in [0.717, 1.165) is 43.3 Å². The number of aromatic amines is 1. The van der Waals surface area contributed by atoms with Crippen molar-refractivity contribution >= 4 is 28.4 Å². The zero-order valence-corrected chi connectivity index (χ0v) is 14.3. The standard InChI is InChI=1S/C18H22ClN3O2/c19-13-4-5-14-12(10-13)11-15(20-14)18(24)22-8-6-21(7-9-22)16-2-1-3-17(16)23/h4-5,10-11,16-17,20,23H,1-3,6-9H2/t16-,17-/m1/s1. The fourth-order valence-electron chi connectivity index (χ4n) is 3.99. The highest BCUT2D eigenvalue weighted by atomic mass is 35.5. The zero-order valence-electron chi connectivity index (χ0n) is 13.5. The van der Waals surface area contributed by atoms with Gasteiger partial charge in [-0.15, -0.1) is 0 Å². The second kappa shape index (κ2) is 6.39. The van der Waals surface area contributed by atoms with Crippen molar-refractivity contribution in [1.29, 1.82) is 0 Å². The van der Waals surface area contributed by atoms with E-state index in [-0.39, 0.29) is 18.1 Å². The topological polar surface area (TPSA) is 59.6 Å². The van der Waals surface area contributed by atoms with Crippen LogP contribution >= 0.6 is 11.6 Å². The molecule has 1 aromatic heterocycles. The monoisotopic (exact) mass is 347 g/mol. The van der Waals surface area contributed by atoms with E-state index in [0.29, 0.717) is 23.8 Å². The number of amides is 1. The van der Waals surface area contributed by atoms with E-state index in [4.69, 9.17) is 11.6 Å². The molecule has 2 aliphatic rings. The van der Waals surface area contributed by atoms with Crippen molar-refractivity contribution in [3.05, 3.63) is 35.0 Å². The maximum Gasteiger partial charge on any atom is 0.270 e. The molecule has 1 aliphatic carbocycles. The molecule has 2 heterocycles. The Morgan fingerprint density at radius 3 is 2.67 bits per heavy atom. The molecule has 128 valence electrons. The lowest BCUT2D eigenvalue weighted by atomic mass is 10.1. The molecule has 6 heteroatoms. The van der Waals surface area contributed by atoms with Crippen LogP contribution in [-0.4, -0.2) is 64.1 Å². The molecule has 2 N–H and O–H groups in total. The summed E-state index contributed by atoms with van der Waals surface area (Å²) in [5, 5.41) is 11.7. The van der Waals surface area contributed by atoms with Crippen molar-refractivity contribution in [3.8, 4) is 0 Å². The van der Waals surface area contributed by atoms with E-state index in [1.165, 1.54) is 0 Å². The van der Waals surface area contributed by atoms with Crippen molar-refractivity contribution in [2.75, 3.05) is 26.2 Å². The van der Waals surface area contributed by atoms with Gasteiger partial charge in [-0.1, -0.05) is 11.6 Å². The third-order valence-electron chi connectivity index (χ3n) is 5.33. The quantitative estimate of drug-likeness (QED) is 0.877. The van der Waals surface area contributed by atoms with Crippen LogP contribution < -0.4 is 0 Å². The number of hydrogen-bond donors (Lipinski definition) is 2. The molecule has 5 nitrogen and oxygen atoms in total. The third kappa shape index (κ3) is 2.92. The molecule has 0 unspecified atom stereocenters. The first-order valence-corrected chi connectivity index (χ1v) is 8.99.